The van der Waals surface area contributed by atoms with Gasteiger partial charge in [-0.25, -0.2) is 4.98 Å². The number of aryl methyl sites for hydroxylation is 1. The summed E-state index contributed by atoms with van der Waals surface area (Å²) in [5, 5.41) is 8.26. The van der Waals surface area contributed by atoms with Crippen LogP contribution >= 0.6 is 11.3 Å². The predicted octanol–water partition coefficient (Wildman–Crippen LogP) is 5.20. The molecule has 39 heavy (non-hydrogen) atoms. The van der Waals surface area contributed by atoms with E-state index in [2.05, 4.69) is 45.5 Å². The Hall–Kier alpha value is -4.22. The molecule has 0 saturated carbocycles. The molecule has 0 unspecified atom stereocenters. The van der Waals surface area contributed by atoms with Crippen LogP contribution in [0.15, 0.2) is 53.2 Å². The van der Waals surface area contributed by atoms with Gasteiger partial charge in [0.15, 0.2) is 5.69 Å². The average Bonchev–Trinajstić information content (AvgIpc) is 3.70. The average molecular weight is 547 g/mol. The third-order valence-electron chi connectivity index (χ3n) is 6.90. The Balaban J connectivity index is 0.00000194. The molecule has 204 valence electrons. The van der Waals surface area contributed by atoms with Gasteiger partial charge in [0.05, 0.1) is 10.6 Å². The summed E-state index contributed by atoms with van der Waals surface area (Å²) in [5.41, 5.74) is 10.9. The van der Waals surface area contributed by atoms with Gasteiger partial charge in [-0.05, 0) is 56.2 Å². The number of nitrogens with zero attached hydrogens (tertiary/aromatic N) is 5. The minimum Gasteiger partial charge on any atom is -0.370 e. The largest absolute Gasteiger partial charge is 0.370 e. The van der Waals surface area contributed by atoms with Gasteiger partial charge in [-0.1, -0.05) is 11.2 Å². The normalized spacial score (nSPS) is 13.1. The molecule has 5 aromatic rings. The lowest BCUT2D eigenvalue weighted by Gasteiger charge is -2.25. The first-order valence-corrected chi connectivity index (χ1v) is 13.9. The van der Waals surface area contributed by atoms with E-state index in [0.29, 0.717) is 37.0 Å². The number of likely N-dealkylation sites (N-methyl/N-ethyl adjacent to an activating group) is 1. The van der Waals surface area contributed by atoms with Crippen molar-refractivity contribution in [1.29, 1.82) is 0 Å². The van der Waals surface area contributed by atoms with Gasteiger partial charge in [0.2, 0.25) is 5.95 Å². The Labute approximate surface area is 232 Å². The molecular weight excluding hydrogens is 512 g/mol. The Morgan fingerprint density at radius 3 is 2.97 bits per heavy atom. The van der Waals surface area contributed by atoms with Gasteiger partial charge in [0, 0.05) is 69.5 Å². The van der Waals surface area contributed by atoms with Crippen molar-refractivity contribution >= 4 is 45.6 Å². The smallest absolute Gasteiger partial charge is 0.276 e. The molecule has 1 aliphatic rings. The molecule has 0 saturated heterocycles. The second kappa shape index (κ2) is 10.5. The monoisotopic (exact) mass is 546 g/mol. The molecule has 1 amide bonds. The zero-order valence-corrected chi connectivity index (χ0v) is 22.7. The number of carbonyl (C=O) groups excluding carboxylic acids is 1. The van der Waals surface area contributed by atoms with Crippen LogP contribution in [-0.2, 0) is 13.0 Å². The Kier molecular flexibility index (Phi) is 6.76. The maximum atomic E-state index is 12.9. The second-order valence-corrected chi connectivity index (χ2v) is 10.7. The van der Waals surface area contributed by atoms with Crippen molar-refractivity contribution < 1.29 is 12.2 Å². The number of carbonyl (C=O) groups is 1. The minimum absolute atomic E-state index is 0. The number of amides is 1. The molecule has 4 N–H and O–H groups in total. The van der Waals surface area contributed by atoms with E-state index in [-0.39, 0.29) is 8.76 Å². The first kappa shape index (κ1) is 25.1. The van der Waals surface area contributed by atoms with Crippen LogP contribution < -0.4 is 16.0 Å². The fraction of sp³-hybridized carbons (Fsp3) is 0.286. The molecule has 0 aliphatic carbocycles. The number of H-pyrrole nitrogens is 1. The maximum Gasteiger partial charge on any atom is 0.276 e. The van der Waals surface area contributed by atoms with E-state index < -0.39 is 0 Å². The van der Waals surface area contributed by atoms with Crippen LogP contribution in [-0.4, -0.2) is 57.1 Å². The number of anilines is 3. The lowest BCUT2D eigenvalue weighted by molar-refractivity contribution is 0.0725. The van der Waals surface area contributed by atoms with Crippen molar-refractivity contribution in [2.75, 3.05) is 36.4 Å². The lowest BCUT2D eigenvalue weighted by Crippen LogP contribution is -2.35. The molecule has 4 aromatic heterocycles. The van der Waals surface area contributed by atoms with Gasteiger partial charge in [-0.15, -0.1) is 11.3 Å². The van der Waals surface area contributed by atoms with Crippen molar-refractivity contribution in [1.82, 2.24) is 25.0 Å². The number of thiophene rings is 1. The Morgan fingerprint density at radius 1 is 1.28 bits per heavy atom. The highest BCUT2D eigenvalue weighted by molar-refractivity contribution is 7.15. The number of aromatic amines is 1. The van der Waals surface area contributed by atoms with E-state index >= 15 is 0 Å². The first-order chi connectivity index (χ1) is 19.0. The van der Waals surface area contributed by atoms with E-state index in [9.17, 15) is 4.79 Å². The minimum atomic E-state index is -0.109. The summed E-state index contributed by atoms with van der Waals surface area (Å²) in [6, 6.07) is 14.0. The zero-order valence-electron chi connectivity index (χ0n) is 21.9. The molecule has 0 radical (unpaired) electrons. The van der Waals surface area contributed by atoms with E-state index in [1.807, 2.05) is 29.3 Å². The van der Waals surface area contributed by atoms with Crippen molar-refractivity contribution in [2.45, 2.75) is 26.8 Å². The van der Waals surface area contributed by atoms with Crippen LogP contribution in [0, 0.1) is 6.92 Å². The number of hydrogen-bond donors (Lipinski definition) is 3. The summed E-state index contributed by atoms with van der Waals surface area (Å²) >= 11 is 1.73. The van der Waals surface area contributed by atoms with E-state index in [1.165, 1.54) is 4.88 Å². The molecule has 1 aromatic carbocycles. The fourth-order valence-electron chi connectivity index (χ4n) is 4.97. The summed E-state index contributed by atoms with van der Waals surface area (Å²) < 4.78 is 5.10. The van der Waals surface area contributed by atoms with E-state index in [1.54, 1.807) is 24.3 Å². The topological polar surface area (TPSA) is 129 Å². The number of benzene rings is 1. The van der Waals surface area contributed by atoms with Crippen molar-refractivity contribution in [3.8, 4) is 10.6 Å². The Bertz CT molecular complexity index is 1650. The van der Waals surface area contributed by atoms with Gasteiger partial charge in [-0.3, -0.25) is 4.79 Å². The van der Waals surface area contributed by atoms with Crippen molar-refractivity contribution in [2.24, 2.45) is 5.73 Å². The van der Waals surface area contributed by atoms with Gasteiger partial charge >= 0.3 is 0 Å². The van der Waals surface area contributed by atoms with Crippen LogP contribution in [0.4, 0.5) is 17.3 Å². The summed E-state index contributed by atoms with van der Waals surface area (Å²) in [7, 11) is 0. The fourth-order valence-corrected chi connectivity index (χ4v) is 6.14. The molecule has 10 nitrogen and oxygen atoms in total. The molecule has 6 rings (SSSR count). The number of rotatable bonds is 8. The van der Waals surface area contributed by atoms with Crippen LogP contribution in [0.3, 0.4) is 0 Å². The Morgan fingerprint density at radius 2 is 2.18 bits per heavy atom. The number of nitrogens with one attached hydrogen (secondary N) is 2. The summed E-state index contributed by atoms with van der Waals surface area (Å²) in [6.45, 7) is 7.34. The van der Waals surface area contributed by atoms with Crippen LogP contribution in [0.25, 0.3) is 21.6 Å². The highest BCUT2D eigenvalue weighted by atomic mass is 32.1. The highest BCUT2D eigenvalue weighted by Crippen LogP contribution is 2.37. The molecule has 5 heterocycles. The summed E-state index contributed by atoms with van der Waals surface area (Å²) in [5.74, 6) is 1.04. The van der Waals surface area contributed by atoms with Gasteiger partial charge in [0.25, 0.3) is 5.91 Å². The molecule has 0 bridgehead atoms. The molecule has 11 heteroatoms. The first-order valence-electron chi connectivity index (χ1n) is 13.0. The second-order valence-electron chi connectivity index (χ2n) is 9.54. The molecule has 1 aliphatic heterocycles. The number of fused-ring (bicyclic) bond motifs is 2. The third-order valence-corrected chi connectivity index (χ3v) is 8.14. The highest BCUT2D eigenvalue weighted by Gasteiger charge is 2.26. The van der Waals surface area contributed by atoms with Crippen molar-refractivity contribution in [3.63, 3.8) is 0 Å². The zero-order chi connectivity index (χ0) is 26.9. The van der Waals surface area contributed by atoms with E-state index in [4.69, 9.17) is 20.2 Å². The van der Waals surface area contributed by atoms with Crippen LogP contribution in [0.1, 0.15) is 36.5 Å². The maximum absolute atomic E-state index is 12.9. The molecule has 0 spiro atoms. The van der Waals surface area contributed by atoms with Gasteiger partial charge in [-0.2, -0.15) is 4.98 Å². The molecular formula is C28H34N8O2S. The van der Waals surface area contributed by atoms with Crippen molar-refractivity contribution in [3.05, 3.63) is 70.6 Å². The SMILES string of the molecule is CCN(CCN)c1cccc(Nc2nc(-c3cc4c(s3)CCN(C(=O)c3cc(C)on3)C4)c3cc[nH]c3n2)c1.[HH].[HH]. The number of aromatic nitrogens is 4. The lowest BCUT2D eigenvalue weighted by atomic mass is 10.1. The molecule has 0 fully saturated rings. The number of hydrogen-bond acceptors (Lipinski definition) is 9. The standard InChI is InChI=1S/C28H30N8O2S.2H2/c1-3-35(12-9-29)20-6-4-5-19(15-20)31-28-32-25(21-7-10-30-26(21)33-28)24-14-18-16-36(11-8-23(18)39-24)27(37)22-13-17(2)38-34-22;;/h4-7,10,13-15H,3,8-9,11-12,16,29H2,1-2H3,(H2,30,31,32,33);2*1H. The predicted molar refractivity (Wildman–Crippen MR) is 158 cm³/mol. The van der Waals surface area contributed by atoms with E-state index in [0.717, 1.165) is 58.1 Å². The van der Waals surface area contributed by atoms with Crippen LogP contribution in [0.5, 0.6) is 0 Å². The van der Waals surface area contributed by atoms with Gasteiger partial charge < -0.3 is 30.4 Å². The number of nitrogens with two attached hydrogens (primary N) is 1. The molecule has 0 atom stereocenters. The quantitative estimate of drug-likeness (QED) is 0.242. The summed E-state index contributed by atoms with van der Waals surface area (Å²) in [6.07, 6.45) is 2.67. The van der Waals surface area contributed by atoms with Gasteiger partial charge in [0.1, 0.15) is 11.4 Å². The van der Waals surface area contributed by atoms with Crippen LogP contribution in [0.2, 0.25) is 0 Å². The third kappa shape index (κ3) is 4.98. The summed E-state index contributed by atoms with van der Waals surface area (Å²) in [4.78, 5) is 32.2.